The van der Waals surface area contributed by atoms with Crippen molar-refractivity contribution in [1.29, 1.82) is 0 Å². The molecule has 2 aliphatic carbocycles. The van der Waals surface area contributed by atoms with Crippen LogP contribution in [0.15, 0.2) is 0 Å². The molecule has 0 unspecified atom stereocenters. The Bertz CT molecular complexity index is 206. The van der Waals surface area contributed by atoms with Crippen molar-refractivity contribution in [1.82, 2.24) is 5.32 Å². The molecular weight excluding hydrogens is 202 g/mol. The standard InChI is InChI=1S/C13H25NO2/c15-10-13(7-1-2-8-13)9-14-11-3-5-12(16)6-4-11/h11-12,14-16H,1-10H2. The summed E-state index contributed by atoms with van der Waals surface area (Å²) in [6.07, 6.45) is 8.85. The molecule has 3 nitrogen and oxygen atoms in total. The van der Waals surface area contributed by atoms with Gasteiger partial charge in [-0.25, -0.2) is 0 Å². The van der Waals surface area contributed by atoms with Crippen LogP contribution in [0.1, 0.15) is 51.4 Å². The average molecular weight is 227 g/mol. The maximum atomic E-state index is 9.51. The van der Waals surface area contributed by atoms with Crippen LogP contribution < -0.4 is 5.32 Å². The number of hydrogen-bond acceptors (Lipinski definition) is 3. The summed E-state index contributed by atoms with van der Waals surface area (Å²) in [5, 5.41) is 22.5. The van der Waals surface area contributed by atoms with Crippen LogP contribution in [0.3, 0.4) is 0 Å². The van der Waals surface area contributed by atoms with Gasteiger partial charge in [0.1, 0.15) is 0 Å². The summed E-state index contributed by atoms with van der Waals surface area (Å²) in [5.74, 6) is 0. The topological polar surface area (TPSA) is 52.5 Å². The van der Waals surface area contributed by atoms with Crippen molar-refractivity contribution < 1.29 is 10.2 Å². The van der Waals surface area contributed by atoms with Crippen molar-refractivity contribution in [2.75, 3.05) is 13.2 Å². The highest BCUT2D eigenvalue weighted by Gasteiger charge is 2.33. The summed E-state index contributed by atoms with van der Waals surface area (Å²) in [6.45, 7) is 1.29. The Labute approximate surface area is 98.2 Å². The van der Waals surface area contributed by atoms with Crippen molar-refractivity contribution in [2.45, 2.75) is 63.5 Å². The van der Waals surface area contributed by atoms with Crippen LogP contribution >= 0.6 is 0 Å². The fourth-order valence-electron chi connectivity index (χ4n) is 3.16. The molecule has 0 atom stereocenters. The highest BCUT2D eigenvalue weighted by molar-refractivity contribution is 4.88. The molecule has 0 aromatic heterocycles. The maximum Gasteiger partial charge on any atom is 0.0541 e. The lowest BCUT2D eigenvalue weighted by atomic mass is 9.86. The smallest absolute Gasteiger partial charge is 0.0541 e. The number of hydrogen-bond donors (Lipinski definition) is 3. The van der Waals surface area contributed by atoms with Crippen LogP contribution in [0.25, 0.3) is 0 Å². The number of aliphatic hydroxyl groups excluding tert-OH is 2. The van der Waals surface area contributed by atoms with Gasteiger partial charge in [0.25, 0.3) is 0 Å². The minimum Gasteiger partial charge on any atom is -0.396 e. The highest BCUT2D eigenvalue weighted by Crippen LogP contribution is 2.37. The van der Waals surface area contributed by atoms with Gasteiger partial charge in [0.15, 0.2) is 0 Å². The lowest BCUT2D eigenvalue weighted by molar-refractivity contribution is 0.0988. The van der Waals surface area contributed by atoms with E-state index in [9.17, 15) is 10.2 Å². The first kappa shape index (κ1) is 12.3. The van der Waals surface area contributed by atoms with Crippen LogP contribution in [0.2, 0.25) is 0 Å². The molecule has 0 saturated heterocycles. The van der Waals surface area contributed by atoms with E-state index in [-0.39, 0.29) is 11.5 Å². The molecule has 0 radical (unpaired) electrons. The molecule has 0 aliphatic heterocycles. The Balaban J connectivity index is 1.73. The van der Waals surface area contributed by atoms with Gasteiger partial charge in [0, 0.05) is 24.6 Å². The van der Waals surface area contributed by atoms with E-state index in [1.165, 1.54) is 25.7 Å². The molecule has 2 rings (SSSR count). The third-order valence-electron chi connectivity index (χ3n) is 4.46. The van der Waals surface area contributed by atoms with Gasteiger partial charge in [-0.3, -0.25) is 0 Å². The minimum absolute atomic E-state index is 0.0728. The molecule has 2 saturated carbocycles. The van der Waals surface area contributed by atoms with E-state index in [1.807, 2.05) is 0 Å². The normalized spacial score (nSPS) is 34.1. The predicted octanol–water partition coefficient (Wildman–Crippen LogP) is 1.43. The lowest BCUT2D eigenvalue weighted by Crippen LogP contribution is -2.42. The van der Waals surface area contributed by atoms with E-state index >= 15 is 0 Å². The van der Waals surface area contributed by atoms with Gasteiger partial charge < -0.3 is 15.5 Å². The number of nitrogens with one attached hydrogen (secondary N) is 1. The molecule has 0 bridgehead atoms. The fraction of sp³-hybridized carbons (Fsp3) is 1.00. The maximum absolute atomic E-state index is 9.51. The number of rotatable bonds is 4. The summed E-state index contributed by atoms with van der Waals surface area (Å²) >= 11 is 0. The molecule has 94 valence electrons. The molecule has 0 spiro atoms. The van der Waals surface area contributed by atoms with Gasteiger partial charge in [-0.1, -0.05) is 12.8 Å². The first-order valence-electron chi connectivity index (χ1n) is 6.76. The Morgan fingerprint density at radius 1 is 1.06 bits per heavy atom. The summed E-state index contributed by atoms with van der Waals surface area (Å²) < 4.78 is 0. The summed E-state index contributed by atoms with van der Waals surface area (Å²) in [4.78, 5) is 0. The summed E-state index contributed by atoms with van der Waals surface area (Å²) in [5.41, 5.74) is 0.163. The van der Waals surface area contributed by atoms with Crippen LogP contribution in [0.5, 0.6) is 0 Å². The number of aliphatic hydroxyl groups is 2. The lowest BCUT2D eigenvalue weighted by Gasteiger charge is -2.32. The molecule has 0 amide bonds. The minimum atomic E-state index is -0.0728. The van der Waals surface area contributed by atoms with Crippen molar-refractivity contribution >= 4 is 0 Å². The monoisotopic (exact) mass is 227 g/mol. The Hall–Kier alpha value is -0.120. The van der Waals surface area contributed by atoms with Gasteiger partial charge >= 0.3 is 0 Å². The van der Waals surface area contributed by atoms with Gasteiger partial charge in [-0.05, 0) is 38.5 Å². The highest BCUT2D eigenvalue weighted by atomic mass is 16.3. The first-order valence-corrected chi connectivity index (χ1v) is 6.76. The molecule has 3 N–H and O–H groups in total. The molecule has 0 heterocycles. The van der Waals surface area contributed by atoms with Crippen molar-refractivity contribution in [3.8, 4) is 0 Å². The zero-order chi connectivity index (χ0) is 11.4. The van der Waals surface area contributed by atoms with Gasteiger partial charge in [-0.15, -0.1) is 0 Å². The zero-order valence-corrected chi connectivity index (χ0v) is 10.1. The van der Waals surface area contributed by atoms with Crippen molar-refractivity contribution in [2.24, 2.45) is 5.41 Å². The average Bonchev–Trinajstić information content (AvgIpc) is 2.78. The van der Waals surface area contributed by atoms with E-state index in [1.54, 1.807) is 0 Å². The third-order valence-corrected chi connectivity index (χ3v) is 4.46. The van der Waals surface area contributed by atoms with Gasteiger partial charge in [0.05, 0.1) is 6.10 Å². The van der Waals surface area contributed by atoms with E-state index in [0.717, 1.165) is 32.2 Å². The van der Waals surface area contributed by atoms with Crippen LogP contribution in [0.4, 0.5) is 0 Å². The molecule has 16 heavy (non-hydrogen) atoms. The molecule has 0 aromatic carbocycles. The van der Waals surface area contributed by atoms with E-state index in [0.29, 0.717) is 12.6 Å². The Morgan fingerprint density at radius 2 is 1.69 bits per heavy atom. The molecule has 0 aromatic rings. The van der Waals surface area contributed by atoms with E-state index in [2.05, 4.69) is 5.32 Å². The summed E-state index contributed by atoms with van der Waals surface area (Å²) in [7, 11) is 0. The van der Waals surface area contributed by atoms with Crippen LogP contribution in [-0.2, 0) is 0 Å². The quantitative estimate of drug-likeness (QED) is 0.681. The van der Waals surface area contributed by atoms with Crippen molar-refractivity contribution in [3.05, 3.63) is 0 Å². The fourth-order valence-corrected chi connectivity index (χ4v) is 3.16. The van der Waals surface area contributed by atoms with Gasteiger partial charge in [0.2, 0.25) is 0 Å². The Morgan fingerprint density at radius 3 is 2.25 bits per heavy atom. The second kappa shape index (κ2) is 5.48. The second-order valence-corrected chi connectivity index (χ2v) is 5.75. The molecule has 2 fully saturated rings. The van der Waals surface area contributed by atoms with Gasteiger partial charge in [-0.2, -0.15) is 0 Å². The van der Waals surface area contributed by atoms with Crippen LogP contribution in [-0.4, -0.2) is 35.5 Å². The largest absolute Gasteiger partial charge is 0.396 e. The molecule has 2 aliphatic rings. The first-order chi connectivity index (χ1) is 7.74. The zero-order valence-electron chi connectivity index (χ0n) is 10.1. The van der Waals surface area contributed by atoms with Crippen molar-refractivity contribution in [3.63, 3.8) is 0 Å². The SMILES string of the molecule is OCC1(CNC2CCC(O)CC2)CCCC1. The van der Waals surface area contributed by atoms with Crippen LogP contribution in [0, 0.1) is 5.41 Å². The predicted molar refractivity (Wildman–Crippen MR) is 64.3 cm³/mol. The molecular formula is C13H25NO2. The van der Waals surface area contributed by atoms with E-state index < -0.39 is 0 Å². The Kier molecular flexibility index (Phi) is 4.22. The van der Waals surface area contributed by atoms with E-state index in [4.69, 9.17) is 0 Å². The summed E-state index contributed by atoms with van der Waals surface area (Å²) in [6, 6.07) is 0.562. The second-order valence-electron chi connectivity index (χ2n) is 5.75. The molecule has 3 heteroatoms. The third kappa shape index (κ3) is 2.96.